The van der Waals surface area contributed by atoms with Crippen molar-refractivity contribution in [2.45, 2.75) is 57.7 Å². The fourth-order valence-corrected chi connectivity index (χ4v) is 6.35. The third-order valence-corrected chi connectivity index (χ3v) is 7.49. The van der Waals surface area contributed by atoms with Gasteiger partial charge in [-0.2, -0.15) is 4.31 Å². The molecule has 1 aliphatic heterocycles. The van der Waals surface area contributed by atoms with Gasteiger partial charge in [0.15, 0.2) is 0 Å². The van der Waals surface area contributed by atoms with Crippen LogP contribution in [0.4, 0.5) is 0 Å². The molecule has 1 aliphatic carbocycles. The van der Waals surface area contributed by atoms with Crippen molar-refractivity contribution in [1.29, 1.82) is 0 Å². The summed E-state index contributed by atoms with van der Waals surface area (Å²) in [5, 5.41) is 8.50. The van der Waals surface area contributed by atoms with Gasteiger partial charge in [-0.3, -0.25) is 4.79 Å². The maximum absolute atomic E-state index is 12.9. The largest absolute Gasteiger partial charge is 0.481 e. The number of rotatable bonds is 3. The predicted octanol–water partition coefficient (Wildman–Crippen LogP) is 1.94. The maximum Gasteiger partial charge on any atom is 0.307 e. The smallest absolute Gasteiger partial charge is 0.307 e. The monoisotopic (exact) mass is 303 g/mol. The molecule has 20 heavy (non-hydrogen) atoms. The third-order valence-electron chi connectivity index (χ3n) is 5.02. The summed E-state index contributed by atoms with van der Waals surface area (Å²) in [6.45, 7) is 6.61. The van der Waals surface area contributed by atoms with E-state index in [1.807, 2.05) is 6.92 Å². The Bertz CT molecular complexity index is 476. The molecule has 6 heteroatoms. The molecule has 0 aromatic carbocycles. The average Bonchev–Trinajstić information content (AvgIpc) is 2.83. The molecule has 5 atom stereocenters. The summed E-state index contributed by atoms with van der Waals surface area (Å²) in [6.07, 6.45) is 2.67. The Labute approximate surface area is 121 Å². The van der Waals surface area contributed by atoms with Gasteiger partial charge in [-0.1, -0.05) is 20.3 Å². The van der Waals surface area contributed by atoms with E-state index in [1.165, 1.54) is 0 Å². The lowest BCUT2D eigenvalue weighted by molar-refractivity contribution is -0.141. The van der Waals surface area contributed by atoms with Gasteiger partial charge in [-0.25, -0.2) is 8.42 Å². The fourth-order valence-electron chi connectivity index (χ4n) is 3.74. The first kappa shape index (κ1) is 15.8. The summed E-state index contributed by atoms with van der Waals surface area (Å²) >= 11 is 0. The zero-order chi connectivity index (χ0) is 15.1. The van der Waals surface area contributed by atoms with E-state index < -0.39 is 27.2 Å². The first-order chi connectivity index (χ1) is 9.25. The van der Waals surface area contributed by atoms with Crippen LogP contribution in [0.15, 0.2) is 0 Å². The molecule has 5 nitrogen and oxygen atoms in total. The molecule has 1 saturated carbocycles. The third kappa shape index (κ3) is 2.72. The van der Waals surface area contributed by atoms with Gasteiger partial charge >= 0.3 is 5.97 Å². The van der Waals surface area contributed by atoms with E-state index in [0.29, 0.717) is 37.6 Å². The van der Waals surface area contributed by atoms with E-state index >= 15 is 0 Å². The van der Waals surface area contributed by atoms with Gasteiger partial charge in [-0.15, -0.1) is 0 Å². The molecule has 2 aliphatic rings. The van der Waals surface area contributed by atoms with Crippen LogP contribution >= 0.6 is 0 Å². The minimum absolute atomic E-state index is 0.0359. The number of hydrogen-bond acceptors (Lipinski definition) is 3. The van der Waals surface area contributed by atoms with Gasteiger partial charge < -0.3 is 5.11 Å². The molecule has 2 rings (SSSR count). The summed E-state index contributed by atoms with van der Waals surface area (Å²) in [4.78, 5) is 11.3. The van der Waals surface area contributed by atoms with Crippen molar-refractivity contribution in [3.8, 4) is 0 Å². The molecule has 1 saturated heterocycles. The molecule has 0 spiro atoms. The van der Waals surface area contributed by atoms with Crippen molar-refractivity contribution in [2.75, 3.05) is 6.54 Å². The highest BCUT2D eigenvalue weighted by atomic mass is 32.2. The van der Waals surface area contributed by atoms with Crippen LogP contribution < -0.4 is 0 Å². The lowest BCUT2D eigenvalue weighted by Gasteiger charge is -2.41. The van der Waals surface area contributed by atoms with Gasteiger partial charge in [0, 0.05) is 12.6 Å². The molecule has 1 N–H and O–H groups in total. The minimum atomic E-state index is -3.52. The van der Waals surface area contributed by atoms with E-state index in [-0.39, 0.29) is 6.04 Å². The molecule has 0 radical (unpaired) electrons. The van der Waals surface area contributed by atoms with Crippen molar-refractivity contribution >= 4 is 16.0 Å². The van der Waals surface area contributed by atoms with Crippen LogP contribution in [0, 0.1) is 17.8 Å². The van der Waals surface area contributed by atoms with Crippen LogP contribution in [0.1, 0.15) is 46.5 Å². The van der Waals surface area contributed by atoms with E-state index in [0.717, 1.165) is 6.42 Å². The summed E-state index contributed by atoms with van der Waals surface area (Å²) in [6, 6.07) is -0.0359. The van der Waals surface area contributed by atoms with Gasteiger partial charge in [0.1, 0.15) is 0 Å². The Balaban J connectivity index is 2.27. The predicted molar refractivity (Wildman–Crippen MR) is 76.8 cm³/mol. The molecule has 1 heterocycles. The Kier molecular flexibility index (Phi) is 4.44. The number of carbonyl (C=O) groups is 1. The Hall–Kier alpha value is -0.620. The van der Waals surface area contributed by atoms with Crippen LogP contribution in [0.25, 0.3) is 0 Å². The fraction of sp³-hybridized carbons (Fsp3) is 0.929. The van der Waals surface area contributed by atoms with Crippen LogP contribution in [0.3, 0.4) is 0 Å². The number of piperidine rings is 1. The highest BCUT2D eigenvalue weighted by Crippen LogP contribution is 2.37. The van der Waals surface area contributed by atoms with Crippen LogP contribution in [0.5, 0.6) is 0 Å². The number of carboxylic acid groups (broad SMARTS) is 1. The zero-order valence-corrected chi connectivity index (χ0v) is 13.3. The van der Waals surface area contributed by atoms with Gasteiger partial charge in [0.05, 0.1) is 11.2 Å². The second kappa shape index (κ2) is 5.64. The molecule has 0 amide bonds. The quantitative estimate of drug-likeness (QED) is 0.864. The van der Waals surface area contributed by atoms with Crippen LogP contribution in [0.2, 0.25) is 0 Å². The number of aliphatic carboxylic acids is 1. The number of sulfonamides is 1. The van der Waals surface area contributed by atoms with Crippen LogP contribution in [-0.2, 0) is 14.8 Å². The Morgan fingerprint density at radius 3 is 2.45 bits per heavy atom. The molecule has 0 aromatic heterocycles. The lowest BCUT2D eigenvalue weighted by atomic mass is 9.88. The number of carboxylic acids is 1. The van der Waals surface area contributed by atoms with E-state index in [1.54, 1.807) is 4.31 Å². The van der Waals surface area contributed by atoms with Crippen molar-refractivity contribution in [2.24, 2.45) is 17.8 Å². The topological polar surface area (TPSA) is 74.7 Å². The summed E-state index contributed by atoms with van der Waals surface area (Å²) in [7, 11) is -3.52. The molecule has 0 bridgehead atoms. The lowest BCUT2D eigenvalue weighted by Crippen LogP contribution is -2.52. The van der Waals surface area contributed by atoms with Crippen LogP contribution in [-0.4, -0.2) is 41.6 Å². The van der Waals surface area contributed by atoms with E-state index in [9.17, 15) is 18.3 Å². The van der Waals surface area contributed by atoms with Crippen molar-refractivity contribution in [3.05, 3.63) is 0 Å². The summed E-state index contributed by atoms with van der Waals surface area (Å²) in [5.74, 6) is -1.06. The number of hydrogen-bond donors (Lipinski definition) is 1. The second-order valence-corrected chi connectivity index (χ2v) is 8.69. The molecule has 5 unspecified atom stereocenters. The second-order valence-electron chi connectivity index (χ2n) is 6.59. The van der Waals surface area contributed by atoms with Crippen molar-refractivity contribution in [3.63, 3.8) is 0 Å². The minimum Gasteiger partial charge on any atom is -0.481 e. The van der Waals surface area contributed by atoms with Gasteiger partial charge in [0.25, 0.3) is 0 Å². The zero-order valence-electron chi connectivity index (χ0n) is 12.4. The Morgan fingerprint density at radius 2 is 1.85 bits per heavy atom. The summed E-state index contributed by atoms with van der Waals surface area (Å²) in [5.41, 5.74) is 0. The van der Waals surface area contributed by atoms with Gasteiger partial charge in [-0.05, 0) is 38.0 Å². The SMILES string of the molecule is CC1CC(C)C(C)N(S(=O)(=O)C2CCCC2C(=O)O)C1. The number of nitrogens with zero attached hydrogens (tertiary/aromatic N) is 1. The van der Waals surface area contributed by atoms with Crippen molar-refractivity contribution in [1.82, 2.24) is 4.31 Å². The normalized spacial score (nSPS) is 39.9. The molecule has 116 valence electrons. The highest BCUT2D eigenvalue weighted by molar-refractivity contribution is 7.89. The molecular formula is C14H25NO4S. The maximum atomic E-state index is 12.9. The first-order valence-electron chi connectivity index (χ1n) is 7.48. The average molecular weight is 303 g/mol. The molecule has 2 fully saturated rings. The highest BCUT2D eigenvalue weighted by Gasteiger charge is 2.47. The Morgan fingerprint density at radius 1 is 1.20 bits per heavy atom. The summed E-state index contributed by atoms with van der Waals surface area (Å²) < 4.78 is 27.3. The molecule has 0 aromatic rings. The molecular weight excluding hydrogens is 278 g/mol. The first-order valence-corrected chi connectivity index (χ1v) is 8.99. The standard InChI is InChI=1S/C14H25NO4S/c1-9-7-10(2)11(3)15(8-9)20(18,19)13-6-4-5-12(13)14(16)17/h9-13H,4-8H2,1-3H3,(H,16,17). The van der Waals surface area contributed by atoms with Gasteiger partial charge in [0.2, 0.25) is 10.0 Å². The van der Waals surface area contributed by atoms with Crippen molar-refractivity contribution < 1.29 is 18.3 Å². The van der Waals surface area contributed by atoms with E-state index in [2.05, 4.69) is 13.8 Å². The van der Waals surface area contributed by atoms with E-state index in [4.69, 9.17) is 0 Å².